The molecule has 0 spiro atoms. The van der Waals surface area contributed by atoms with Gasteiger partial charge in [0, 0.05) is 18.6 Å². The summed E-state index contributed by atoms with van der Waals surface area (Å²) >= 11 is 0. The maximum atomic E-state index is 9.83. The molecule has 116 valence electrons. The smallest absolute Gasteiger partial charge is 0.161 e. The largest absolute Gasteiger partial charge is 0.490 e. The van der Waals surface area contributed by atoms with Gasteiger partial charge in [0.2, 0.25) is 0 Å². The summed E-state index contributed by atoms with van der Waals surface area (Å²) in [5.74, 6) is 1.64. The summed E-state index contributed by atoms with van der Waals surface area (Å²) in [6, 6.07) is 8.93. The number of para-hydroxylation sites is 2. The Labute approximate surface area is 126 Å². The molecule has 4 nitrogen and oxygen atoms in total. The number of ether oxygens (including phenoxy) is 2. The van der Waals surface area contributed by atoms with Gasteiger partial charge in [0.15, 0.2) is 11.5 Å². The molecule has 1 aromatic carbocycles. The lowest BCUT2D eigenvalue weighted by Gasteiger charge is -2.36. The third kappa shape index (κ3) is 3.33. The minimum atomic E-state index is -0.0988. The van der Waals surface area contributed by atoms with E-state index in [1.54, 1.807) is 0 Å². The van der Waals surface area contributed by atoms with E-state index in [4.69, 9.17) is 9.47 Å². The standard InChI is InChI=1S/C17H25NO3/c1-2-20-16-5-3-4-6-17(16)21-10-9-18-13-7-8-14(18)12-15(19)11-13/h3-6,13-15,19H,2,7-12H2,1H3. The highest BCUT2D eigenvalue weighted by Gasteiger charge is 2.39. The fraction of sp³-hybridized carbons (Fsp3) is 0.647. The van der Waals surface area contributed by atoms with Gasteiger partial charge in [-0.3, -0.25) is 4.90 Å². The second-order valence-electron chi connectivity index (χ2n) is 5.98. The van der Waals surface area contributed by atoms with E-state index in [1.165, 1.54) is 12.8 Å². The molecule has 1 aromatic rings. The van der Waals surface area contributed by atoms with E-state index in [2.05, 4.69) is 4.90 Å². The van der Waals surface area contributed by atoms with Crippen LogP contribution in [0.5, 0.6) is 11.5 Å². The molecular formula is C17H25NO3. The average Bonchev–Trinajstić information content (AvgIpc) is 2.72. The lowest BCUT2D eigenvalue weighted by atomic mass is 10.0. The Kier molecular flexibility index (Phi) is 4.66. The first-order valence-corrected chi connectivity index (χ1v) is 8.06. The van der Waals surface area contributed by atoms with Crippen molar-refractivity contribution in [2.45, 2.75) is 50.8 Å². The highest BCUT2D eigenvalue weighted by Crippen LogP contribution is 2.35. The SMILES string of the molecule is CCOc1ccccc1OCCN1C2CCC1CC(O)C2. The van der Waals surface area contributed by atoms with Crippen LogP contribution in [0.25, 0.3) is 0 Å². The van der Waals surface area contributed by atoms with Crippen molar-refractivity contribution in [1.82, 2.24) is 4.90 Å². The van der Waals surface area contributed by atoms with Gasteiger partial charge in [0.1, 0.15) is 6.61 Å². The van der Waals surface area contributed by atoms with Crippen LogP contribution in [0.15, 0.2) is 24.3 Å². The van der Waals surface area contributed by atoms with Crippen LogP contribution >= 0.6 is 0 Å². The molecule has 0 aliphatic carbocycles. The van der Waals surface area contributed by atoms with E-state index in [-0.39, 0.29) is 6.10 Å². The Balaban J connectivity index is 1.53. The molecule has 2 heterocycles. The highest BCUT2D eigenvalue weighted by atomic mass is 16.5. The predicted octanol–water partition coefficient (Wildman–Crippen LogP) is 2.45. The molecule has 2 saturated heterocycles. The van der Waals surface area contributed by atoms with Crippen molar-refractivity contribution in [2.24, 2.45) is 0 Å². The summed E-state index contributed by atoms with van der Waals surface area (Å²) < 4.78 is 11.5. The summed E-state index contributed by atoms with van der Waals surface area (Å²) in [6.45, 7) is 4.23. The van der Waals surface area contributed by atoms with Gasteiger partial charge >= 0.3 is 0 Å². The molecule has 1 N–H and O–H groups in total. The van der Waals surface area contributed by atoms with Crippen molar-refractivity contribution >= 4 is 0 Å². The fourth-order valence-electron chi connectivity index (χ4n) is 3.72. The van der Waals surface area contributed by atoms with Crippen molar-refractivity contribution in [3.63, 3.8) is 0 Å². The lowest BCUT2D eigenvalue weighted by Crippen LogP contribution is -2.46. The van der Waals surface area contributed by atoms with Crippen molar-refractivity contribution in [3.8, 4) is 11.5 Å². The Morgan fingerprint density at radius 2 is 1.71 bits per heavy atom. The van der Waals surface area contributed by atoms with Gasteiger partial charge in [-0.2, -0.15) is 0 Å². The van der Waals surface area contributed by atoms with Gasteiger partial charge in [0.25, 0.3) is 0 Å². The van der Waals surface area contributed by atoms with Gasteiger partial charge in [-0.25, -0.2) is 0 Å². The van der Waals surface area contributed by atoms with E-state index in [0.29, 0.717) is 25.3 Å². The summed E-state index contributed by atoms with van der Waals surface area (Å²) in [5, 5.41) is 9.83. The van der Waals surface area contributed by atoms with Crippen LogP contribution in [0.1, 0.15) is 32.6 Å². The van der Waals surface area contributed by atoms with Gasteiger partial charge in [0.05, 0.1) is 12.7 Å². The number of piperidine rings is 1. The number of aliphatic hydroxyl groups is 1. The maximum absolute atomic E-state index is 9.83. The van der Waals surface area contributed by atoms with E-state index in [9.17, 15) is 5.11 Å². The molecule has 2 atom stereocenters. The fourth-order valence-corrected chi connectivity index (χ4v) is 3.72. The maximum Gasteiger partial charge on any atom is 0.161 e. The van der Waals surface area contributed by atoms with Gasteiger partial charge < -0.3 is 14.6 Å². The molecular weight excluding hydrogens is 266 g/mol. The minimum absolute atomic E-state index is 0.0988. The number of benzene rings is 1. The Morgan fingerprint density at radius 3 is 2.33 bits per heavy atom. The molecule has 0 aromatic heterocycles. The molecule has 2 aliphatic rings. The number of hydrogen-bond donors (Lipinski definition) is 1. The zero-order valence-electron chi connectivity index (χ0n) is 12.7. The summed E-state index contributed by atoms with van der Waals surface area (Å²) in [5.41, 5.74) is 0. The molecule has 0 saturated carbocycles. The molecule has 21 heavy (non-hydrogen) atoms. The summed E-state index contributed by atoms with van der Waals surface area (Å²) in [7, 11) is 0. The Hall–Kier alpha value is -1.26. The van der Waals surface area contributed by atoms with Crippen LogP contribution in [-0.2, 0) is 0 Å². The molecule has 3 rings (SSSR count). The van der Waals surface area contributed by atoms with Crippen LogP contribution in [0.3, 0.4) is 0 Å². The number of rotatable bonds is 6. The lowest BCUT2D eigenvalue weighted by molar-refractivity contribution is 0.0286. The Bertz CT molecular complexity index is 451. The first kappa shape index (κ1) is 14.7. The third-order valence-corrected chi connectivity index (χ3v) is 4.62. The quantitative estimate of drug-likeness (QED) is 0.874. The number of nitrogens with zero attached hydrogens (tertiary/aromatic N) is 1. The van der Waals surface area contributed by atoms with Crippen LogP contribution in [0.2, 0.25) is 0 Å². The second-order valence-corrected chi connectivity index (χ2v) is 5.98. The van der Waals surface area contributed by atoms with Crippen molar-refractivity contribution in [2.75, 3.05) is 19.8 Å². The average molecular weight is 291 g/mol. The summed E-state index contributed by atoms with van der Waals surface area (Å²) in [6.07, 6.45) is 4.19. The van der Waals surface area contributed by atoms with Gasteiger partial charge in [-0.1, -0.05) is 12.1 Å². The zero-order valence-corrected chi connectivity index (χ0v) is 12.7. The molecule has 0 amide bonds. The van der Waals surface area contributed by atoms with Crippen molar-refractivity contribution in [1.29, 1.82) is 0 Å². The Morgan fingerprint density at radius 1 is 1.10 bits per heavy atom. The van der Waals surface area contributed by atoms with E-state index in [0.717, 1.165) is 30.9 Å². The molecule has 2 aliphatic heterocycles. The summed E-state index contributed by atoms with van der Waals surface area (Å²) in [4.78, 5) is 2.52. The first-order chi connectivity index (χ1) is 10.3. The zero-order chi connectivity index (χ0) is 14.7. The van der Waals surface area contributed by atoms with Gasteiger partial charge in [-0.05, 0) is 44.7 Å². The third-order valence-electron chi connectivity index (χ3n) is 4.62. The van der Waals surface area contributed by atoms with Crippen molar-refractivity contribution < 1.29 is 14.6 Å². The molecule has 2 bridgehead atoms. The van der Waals surface area contributed by atoms with Crippen LogP contribution in [0.4, 0.5) is 0 Å². The minimum Gasteiger partial charge on any atom is -0.490 e. The van der Waals surface area contributed by atoms with Crippen molar-refractivity contribution in [3.05, 3.63) is 24.3 Å². The van der Waals surface area contributed by atoms with E-state index in [1.807, 2.05) is 31.2 Å². The van der Waals surface area contributed by atoms with E-state index < -0.39 is 0 Å². The van der Waals surface area contributed by atoms with Crippen LogP contribution in [-0.4, -0.2) is 48.0 Å². The van der Waals surface area contributed by atoms with Gasteiger partial charge in [-0.15, -0.1) is 0 Å². The highest BCUT2D eigenvalue weighted by molar-refractivity contribution is 5.39. The number of aliphatic hydroxyl groups excluding tert-OH is 1. The normalized spacial score (nSPS) is 28.6. The van der Waals surface area contributed by atoms with E-state index >= 15 is 0 Å². The molecule has 0 radical (unpaired) electrons. The molecule has 2 unspecified atom stereocenters. The number of hydrogen-bond acceptors (Lipinski definition) is 4. The topological polar surface area (TPSA) is 41.9 Å². The predicted molar refractivity (Wildman–Crippen MR) is 81.9 cm³/mol. The first-order valence-electron chi connectivity index (χ1n) is 8.06. The molecule has 2 fully saturated rings. The van der Waals surface area contributed by atoms with Crippen LogP contribution in [0, 0.1) is 0 Å². The molecule has 4 heteroatoms. The second kappa shape index (κ2) is 6.67. The van der Waals surface area contributed by atoms with Crippen LogP contribution < -0.4 is 9.47 Å². The number of fused-ring (bicyclic) bond motifs is 2. The monoisotopic (exact) mass is 291 g/mol.